The van der Waals surface area contributed by atoms with Crippen molar-refractivity contribution < 1.29 is 13.9 Å². The second-order valence-electron chi connectivity index (χ2n) is 7.83. The van der Waals surface area contributed by atoms with Gasteiger partial charge >= 0.3 is 6.09 Å². The maximum absolute atomic E-state index is 12.4. The number of carbonyl (C=O) groups excluding carboxylic acids is 1. The average molecular weight is 480 g/mol. The van der Waals surface area contributed by atoms with E-state index in [9.17, 15) is 4.79 Å². The summed E-state index contributed by atoms with van der Waals surface area (Å²) in [5.41, 5.74) is 1.38. The van der Waals surface area contributed by atoms with Crippen LogP contribution in [0.25, 0.3) is 0 Å². The third kappa shape index (κ3) is 7.45. The molecule has 0 aliphatic heterocycles. The molecule has 1 amide bonds. The minimum atomic E-state index is -0.614. The maximum atomic E-state index is 12.4. The van der Waals surface area contributed by atoms with Crippen LogP contribution >= 0.6 is 35.0 Å². The molecule has 6 nitrogen and oxygen atoms in total. The minimum Gasteiger partial charge on any atom is -0.444 e. The van der Waals surface area contributed by atoms with Gasteiger partial charge in [-0.25, -0.2) is 4.79 Å². The van der Waals surface area contributed by atoms with Crippen molar-refractivity contribution in [2.45, 2.75) is 49.8 Å². The first kappa shape index (κ1) is 23.4. The number of benzene rings is 2. The number of aromatic nitrogens is 2. The van der Waals surface area contributed by atoms with E-state index in [2.05, 4.69) is 15.5 Å². The third-order valence-electron chi connectivity index (χ3n) is 4.04. The molecule has 0 spiro atoms. The van der Waals surface area contributed by atoms with E-state index in [0.717, 1.165) is 11.1 Å². The molecule has 1 N–H and O–H groups in total. The lowest BCUT2D eigenvalue weighted by molar-refractivity contribution is 0.0494. The lowest BCUT2D eigenvalue weighted by Gasteiger charge is -2.22. The Labute approximate surface area is 195 Å². The van der Waals surface area contributed by atoms with Crippen molar-refractivity contribution in [1.82, 2.24) is 15.5 Å². The predicted octanol–water partition coefficient (Wildman–Crippen LogP) is 6.48. The zero-order valence-electron chi connectivity index (χ0n) is 17.4. The third-order valence-corrected chi connectivity index (χ3v) is 5.67. The van der Waals surface area contributed by atoms with Crippen LogP contribution in [-0.4, -0.2) is 21.9 Å². The topological polar surface area (TPSA) is 77.2 Å². The van der Waals surface area contributed by atoms with Crippen molar-refractivity contribution in [3.63, 3.8) is 0 Å². The molecule has 0 aliphatic rings. The molecule has 0 saturated carbocycles. The van der Waals surface area contributed by atoms with Crippen LogP contribution in [0.5, 0.6) is 0 Å². The van der Waals surface area contributed by atoms with Crippen LogP contribution in [0.3, 0.4) is 0 Å². The molecule has 3 aromatic rings. The first-order valence-corrected chi connectivity index (χ1v) is 11.4. The summed E-state index contributed by atoms with van der Waals surface area (Å²) in [6.07, 6.45) is -0.0595. The number of hydrogen-bond acceptors (Lipinski definition) is 6. The molecule has 0 unspecified atom stereocenters. The molecule has 0 aliphatic carbocycles. The van der Waals surface area contributed by atoms with E-state index in [0.29, 0.717) is 33.3 Å². The van der Waals surface area contributed by atoms with Crippen molar-refractivity contribution >= 4 is 41.1 Å². The van der Waals surface area contributed by atoms with Gasteiger partial charge in [0.15, 0.2) is 0 Å². The van der Waals surface area contributed by atoms with Crippen molar-refractivity contribution in [2.75, 3.05) is 0 Å². The predicted molar refractivity (Wildman–Crippen MR) is 123 cm³/mol. The smallest absolute Gasteiger partial charge is 0.408 e. The van der Waals surface area contributed by atoms with Crippen molar-refractivity contribution in [3.8, 4) is 0 Å². The monoisotopic (exact) mass is 479 g/mol. The number of alkyl carbamates (subject to hydrolysis) is 1. The highest BCUT2D eigenvalue weighted by Gasteiger charge is 2.25. The van der Waals surface area contributed by atoms with E-state index in [1.165, 1.54) is 11.8 Å². The van der Waals surface area contributed by atoms with Crippen molar-refractivity contribution in [3.05, 3.63) is 75.6 Å². The summed E-state index contributed by atoms with van der Waals surface area (Å²) in [6, 6.07) is 14.7. The lowest BCUT2D eigenvalue weighted by atomic mass is 10.1. The number of ether oxygens (including phenoxy) is 1. The van der Waals surface area contributed by atoms with Gasteiger partial charge in [0.1, 0.15) is 11.6 Å². The van der Waals surface area contributed by atoms with E-state index in [1.807, 2.05) is 57.2 Å². The summed E-state index contributed by atoms with van der Waals surface area (Å²) in [5.74, 6) is 0.896. The number of hydrogen-bond donors (Lipinski definition) is 1. The van der Waals surface area contributed by atoms with E-state index in [1.54, 1.807) is 12.1 Å². The van der Waals surface area contributed by atoms with Gasteiger partial charge in [0, 0.05) is 12.2 Å². The molecule has 164 valence electrons. The first-order chi connectivity index (χ1) is 14.7. The van der Waals surface area contributed by atoms with Crippen LogP contribution in [0.1, 0.15) is 43.8 Å². The van der Waals surface area contributed by atoms with Gasteiger partial charge in [-0.15, -0.1) is 10.2 Å². The quantitative estimate of drug-likeness (QED) is 0.390. The van der Waals surface area contributed by atoms with Crippen molar-refractivity contribution in [2.24, 2.45) is 0 Å². The van der Waals surface area contributed by atoms with E-state index in [-0.39, 0.29) is 0 Å². The Balaban J connectivity index is 1.71. The zero-order valence-corrected chi connectivity index (χ0v) is 19.7. The molecule has 0 radical (unpaired) electrons. The zero-order chi connectivity index (χ0) is 22.4. The molecule has 1 aromatic heterocycles. The standard InChI is InChI=1S/C22H23Cl2N3O3S/c1-22(2,3)30-20(28)25-18(12-14-7-5-4-6-8-14)19-26-27-21(29-19)31-13-15-9-10-16(23)17(24)11-15/h4-11,18H,12-13H2,1-3H3,(H,25,28)/t18-/m0/s1. The molecule has 0 bridgehead atoms. The van der Waals surface area contributed by atoms with Gasteiger partial charge in [0.2, 0.25) is 5.89 Å². The Morgan fingerprint density at radius 1 is 1.10 bits per heavy atom. The van der Waals surface area contributed by atoms with Gasteiger partial charge in [0.25, 0.3) is 5.22 Å². The fourth-order valence-corrected chi connectivity index (χ4v) is 3.73. The largest absolute Gasteiger partial charge is 0.444 e. The Kier molecular flexibility index (Phi) is 7.86. The Morgan fingerprint density at radius 2 is 1.84 bits per heavy atom. The van der Waals surface area contributed by atoms with Gasteiger partial charge < -0.3 is 14.5 Å². The number of thioether (sulfide) groups is 1. The maximum Gasteiger partial charge on any atom is 0.408 e. The lowest BCUT2D eigenvalue weighted by Crippen LogP contribution is -2.36. The number of amides is 1. The summed E-state index contributed by atoms with van der Waals surface area (Å²) in [7, 11) is 0. The molecule has 0 saturated heterocycles. The van der Waals surface area contributed by atoms with E-state index >= 15 is 0 Å². The summed E-state index contributed by atoms with van der Waals surface area (Å²) in [4.78, 5) is 12.4. The van der Waals surface area contributed by atoms with E-state index < -0.39 is 17.7 Å². The Hall–Kier alpha value is -2.22. The molecule has 1 atom stereocenters. The molecular formula is C22H23Cl2N3O3S. The molecule has 9 heteroatoms. The Bertz CT molecular complexity index is 1020. The fraction of sp³-hybridized carbons (Fsp3) is 0.318. The van der Waals surface area contributed by atoms with Crippen LogP contribution in [0.2, 0.25) is 10.0 Å². The number of nitrogens with one attached hydrogen (secondary N) is 1. The number of rotatable bonds is 7. The highest BCUT2D eigenvalue weighted by Crippen LogP contribution is 2.28. The fourth-order valence-electron chi connectivity index (χ4n) is 2.69. The van der Waals surface area contributed by atoms with E-state index in [4.69, 9.17) is 32.4 Å². The molecular weight excluding hydrogens is 457 g/mol. The number of carbonyl (C=O) groups is 1. The summed E-state index contributed by atoms with van der Waals surface area (Å²) in [5, 5.41) is 12.5. The molecule has 0 fully saturated rings. The van der Waals surface area contributed by atoms with Crippen molar-refractivity contribution in [1.29, 1.82) is 0 Å². The molecule has 1 heterocycles. The summed E-state index contributed by atoms with van der Waals surface area (Å²) in [6.45, 7) is 5.43. The molecule has 2 aromatic carbocycles. The normalized spacial score (nSPS) is 12.4. The van der Waals surface area contributed by atoms with Gasteiger partial charge in [-0.2, -0.15) is 0 Å². The highest BCUT2D eigenvalue weighted by molar-refractivity contribution is 7.98. The molecule has 3 rings (SSSR count). The van der Waals surface area contributed by atoms with Crippen LogP contribution in [-0.2, 0) is 16.9 Å². The van der Waals surface area contributed by atoms with Gasteiger partial charge in [0.05, 0.1) is 10.0 Å². The average Bonchev–Trinajstić information content (AvgIpc) is 3.17. The van der Waals surface area contributed by atoms with Crippen LogP contribution < -0.4 is 5.32 Å². The van der Waals surface area contributed by atoms with Crippen LogP contribution in [0.15, 0.2) is 58.2 Å². The highest BCUT2D eigenvalue weighted by atomic mass is 35.5. The van der Waals surface area contributed by atoms with Gasteiger partial charge in [-0.05, 0) is 44.0 Å². The van der Waals surface area contributed by atoms with Crippen LogP contribution in [0.4, 0.5) is 4.79 Å². The second-order valence-corrected chi connectivity index (χ2v) is 9.57. The van der Waals surface area contributed by atoms with Gasteiger partial charge in [-0.3, -0.25) is 0 Å². The van der Waals surface area contributed by atoms with Gasteiger partial charge in [-0.1, -0.05) is 71.4 Å². The number of halogens is 2. The van der Waals surface area contributed by atoms with Crippen LogP contribution in [0, 0.1) is 0 Å². The minimum absolute atomic E-state index is 0.311. The summed E-state index contributed by atoms with van der Waals surface area (Å²) < 4.78 is 11.2. The first-order valence-electron chi connectivity index (χ1n) is 9.63. The molecule has 31 heavy (non-hydrogen) atoms. The SMILES string of the molecule is CC(C)(C)OC(=O)N[C@@H](Cc1ccccc1)c1nnc(SCc2ccc(Cl)c(Cl)c2)o1. The summed E-state index contributed by atoms with van der Waals surface area (Å²) >= 11 is 13.4. The number of nitrogens with zero attached hydrogens (tertiary/aromatic N) is 2. The Morgan fingerprint density at radius 3 is 2.52 bits per heavy atom. The second kappa shape index (κ2) is 10.4.